The number of carbonyl (C=O) groups excluding carboxylic acids is 1. The van der Waals surface area contributed by atoms with Crippen molar-refractivity contribution >= 4 is 11.6 Å². The topological polar surface area (TPSA) is 38.3 Å². The summed E-state index contributed by atoms with van der Waals surface area (Å²) in [5.41, 5.74) is 0.245. The van der Waals surface area contributed by atoms with Crippen LogP contribution in [0.3, 0.4) is 0 Å². The van der Waals surface area contributed by atoms with Crippen LogP contribution >= 0.6 is 0 Å². The quantitative estimate of drug-likeness (QED) is 0.877. The molecule has 92 valence electrons. The number of halogens is 1. The van der Waals surface area contributed by atoms with Gasteiger partial charge in [0.15, 0.2) is 0 Å². The van der Waals surface area contributed by atoms with Gasteiger partial charge in [0.05, 0.1) is 5.69 Å². The summed E-state index contributed by atoms with van der Waals surface area (Å²) in [7, 11) is 0. The molecule has 1 aliphatic heterocycles. The Balaban J connectivity index is 1.86. The number of rotatable bonds is 3. The maximum absolute atomic E-state index is 13.3. The molecule has 1 aromatic carbocycles. The third-order valence-electron chi connectivity index (χ3n) is 2.88. The van der Waals surface area contributed by atoms with Gasteiger partial charge in [-0.05, 0) is 30.9 Å². The second-order valence-corrected chi connectivity index (χ2v) is 4.32. The molecule has 1 saturated heterocycles. The van der Waals surface area contributed by atoms with Crippen LogP contribution in [0.25, 0.3) is 0 Å². The van der Waals surface area contributed by atoms with Gasteiger partial charge in [-0.15, -0.1) is 0 Å². The summed E-state index contributed by atoms with van der Waals surface area (Å²) in [5, 5.41) is 2.59. The van der Waals surface area contributed by atoms with Crippen molar-refractivity contribution in [2.45, 2.75) is 19.3 Å². The Hall–Kier alpha value is -1.42. The smallest absolute Gasteiger partial charge is 0.224 e. The Kier molecular flexibility index (Phi) is 4.09. The Bertz CT molecular complexity index is 389. The fraction of sp³-hybridized carbons (Fsp3) is 0.462. The molecule has 17 heavy (non-hydrogen) atoms. The van der Waals surface area contributed by atoms with Crippen LogP contribution in [0, 0.1) is 11.7 Å². The zero-order chi connectivity index (χ0) is 12.1. The third-order valence-corrected chi connectivity index (χ3v) is 2.88. The molecule has 2 rings (SSSR count). The summed E-state index contributed by atoms with van der Waals surface area (Å²) in [6, 6.07) is 6.19. The average molecular weight is 237 g/mol. The zero-order valence-electron chi connectivity index (χ0n) is 9.62. The van der Waals surface area contributed by atoms with Crippen LogP contribution in [0.1, 0.15) is 19.3 Å². The van der Waals surface area contributed by atoms with Crippen molar-refractivity contribution in [1.29, 1.82) is 0 Å². The summed E-state index contributed by atoms with van der Waals surface area (Å²) in [6.07, 6.45) is 2.40. The molecule has 4 heteroatoms. The number of benzene rings is 1. The van der Waals surface area contributed by atoms with Crippen molar-refractivity contribution in [3.63, 3.8) is 0 Å². The molecule has 1 aliphatic rings. The fourth-order valence-corrected chi connectivity index (χ4v) is 1.99. The van der Waals surface area contributed by atoms with Gasteiger partial charge in [0.1, 0.15) is 5.82 Å². The highest BCUT2D eigenvalue weighted by Gasteiger charge is 2.18. The predicted molar refractivity (Wildman–Crippen MR) is 63.2 cm³/mol. The van der Waals surface area contributed by atoms with E-state index in [2.05, 4.69) is 5.32 Å². The maximum atomic E-state index is 13.3. The van der Waals surface area contributed by atoms with Crippen molar-refractivity contribution in [2.24, 2.45) is 5.92 Å². The van der Waals surface area contributed by atoms with E-state index in [0.29, 0.717) is 13.0 Å². The highest BCUT2D eigenvalue weighted by atomic mass is 19.1. The van der Waals surface area contributed by atoms with Gasteiger partial charge in [-0.25, -0.2) is 4.39 Å². The fourth-order valence-electron chi connectivity index (χ4n) is 1.99. The predicted octanol–water partition coefficient (Wildman–Crippen LogP) is 2.58. The largest absolute Gasteiger partial charge is 0.381 e. The Morgan fingerprint density at radius 3 is 3.00 bits per heavy atom. The molecule has 1 unspecified atom stereocenters. The van der Waals surface area contributed by atoms with Gasteiger partial charge >= 0.3 is 0 Å². The van der Waals surface area contributed by atoms with E-state index in [4.69, 9.17) is 4.74 Å². The molecule has 0 aromatic heterocycles. The summed E-state index contributed by atoms with van der Waals surface area (Å²) in [6.45, 7) is 1.41. The van der Waals surface area contributed by atoms with E-state index in [-0.39, 0.29) is 17.5 Å². The molecule has 3 nitrogen and oxygen atoms in total. The average Bonchev–Trinajstić information content (AvgIpc) is 2.33. The standard InChI is InChI=1S/C13H16FNO2/c14-11-5-1-2-6-12(11)15-13(16)8-10-4-3-7-17-9-10/h1-2,5-6,10H,3-4,7-9H2,(H,15,16). The molecule has 1 N–H and O–H groups in total. The van der Waals surface area contributed by atoms with Crippen LogP contribution in [-0.2, 0) is 9.53 Å². The highest BCUT2D eigenvalue weighted by molar-refractivity contribution is 5.90. The molecule has 0 bridgehead atoms. The number of hydrogen-bond donors (Lipinski definition) is 1. The van der Waals surface area contributed by atoms with E-state index in [1.807, 2.05) is 0 Å². The summed E-state index contributed by atoms with van der Waals surface area (Å²) in [5.74, 6) is -0.290. The first-order valence-electron chi connectivity index (χ1n) is 5.88. The summed E-state index contributed by atoms with van der Waals surface area (Å²) >= 11 is 0. The first-order chi connectivity index (χ1) is 8.25. The van der Waals surface area contributed by atoms with Crippen LogP contribution < -0.4 is 5.32 Å². The number of carbonyl (C=O) groups is 1. The summed E-state index contributed by atoms with van der Waals surface area (Å²) < 4.78 is 18.6. The molecule has 1 atom stereocenters. The maximum Gasteiger partial charge on any atom is 0.224 e. The molecule has 1 aromatic rings. The van der Waals surface area contributed by atoms with E-state index in [9.17, 15) is 9.18 Å². The zero-order valence-corrected chi connectivity index (χ0v) is 9.62. The lowest BCUT2D eigenvalue weighted by Gasteiger charge is -2.21. The molecular weight excluding hydrogens is 221 g/mol. The van der Waals surface area contributed by atoms with Gasteiger partial charge in [-0.2, -0.15) is 0 Å². The third kappa shape index (κ3) is 3.53. The first-order valence-corrected chi connectivity index (χ1v) is 5.88. The Morgan fingerprint density at radius 2 is 2.29 bits per heavy atom. The van der Waals surface area contributed by atoms with Gasteiger partial charge in [0, 0.05) is 19.6 Å². The van der Waals surface area contributed by atoms with Gasteiger partial charge < -0.3 is 10.1 Å². The van der Waals surface area contributed by atoms with Crippen LogP contribution in [0.15, 0.2) is 24.3 Å². The van der Waals surface area contributed by atoms with Crippen LogP contribution in [-0.4, -0.2) is 19.1 Å². The van der Waals surface area contributed by atoms with Gasteiger partial charge in [-0.1, -0.05) is 12.1 Å². The van der Waals surface area contributed by atoms with Gasteiger partial charge in [0.2, 0.25) is 5.91 Å². The molecule has 1 heterocycles. The molecule has 0 aliphatic carbocycles. The Morgan fingerprint density at radius 1 is 1.47 bits per heavy atom. The van der Waals surface area contributed by atoms with Crippen LogP contribution in [0.4, 0.5) is 10.1 Å². The molecule has 1 fully saturated rings. The van der Waals surface area contributed by atoms with Crippen molar-refractivity contribution < 1.29 is 13.9 Å². The monoisotopic (exact) mass is 237 g/mol. The Labute approximate surface area is 100.0 Å². The van der Waals surface area contributed by atoms with E-state index in [0.717, 1.165) is 19.4 Å². The lowest BCUT2D eigenvalue weighted by molar-refractivity contribution is -0.118. The number of amides is 1. The van der Waals surface area contributed by atoms with Crippen LogP contribution in [0.2, 0.25) is 0 Å². The second-order valence-electron chi connectivity index (χ2n) is 4.32. The lowest BCUT2D eigenvalue weighted by Crippen LogP contribution is -2.23. The summed E-state index contributed by atoms with van der Waals surface area (Å²) in [4.78, 5) is 11.7. The highest BCUT2D eigenvalue weighted by Crippen LogP contribution is 2.19. The van der Waals surface area contributed by atoms with Crippen LogP contribution in [0.5, 0.6) is 0 Å². The minimum atomic E-state index is -0.402. The van der Waals surface area contributed by atoms with Gasteiger partial charge in [-0.3, -0.25) is 4.79 Å². The minimum absolute atomic E-state index is 0.148. The molecule has 0 spiro atoms. The number of nitrogens with one attached hydrogen (secondary N) is 1. The van der Waals surface area contributed by atoms with Gasteiger partial charge in [0.25, 0.3) is 0 Å². The van der Waals surface area contributed by atoms with E-state index < -0.39 is 5.82 Å². The molecular formula is C13H16FNO2. The molecule has 0 saturated carbocycles. The number of ether oxygens (including phenoxy) is 1. The number of para-hydroxylation sites is 1. The SMILES string of the molecule is O=C(CC1CCCOC1)Nc1ccccc1F. The van der Waals surface area contributed by atoms with Crippen molar-refractivity contribution in [3.8, 4) is 0 Å². The van der Waals surface area contributed by atoms with E-state index >= 15 is 0 Å². The van der Waals surface area contributed by atoms with E-state index in [1.165, 1.54) is 6.07 Å². The van der Waals surface area contributed by atoms with Crippen molar-refractivity contribution in [3.05, 3.63) is 30.1 Å². The number of hydrogen-bond acceptors (Lipinski definition) is 2. The number of anilines is 1. The normalized spacial score (nSPS) is 19.9. The first kappa shape index (κ1) is 12.0. The minimum Gasteiger partial charge on any atom is -0.381 e. The van der Waals surface area contributed by atoms with Crippen molar-refractivity contribution in [1.82, 2.24) is 0 Å². The van der Waals surface area contributed by atoms with E-state index in [1.54, 1.807) is 18.2 Å². The molecule has 1 amide bonds. The lowest BCUT2D eigenvalue weighted by atomic mass is 9.98. The second kappa shape index (κ2) is 5.77. The molecule has 0 radical (unpaired) electrons. The van der Waals surface area contributed by atoms with Crippen molar-refractivity contribution in [2.75, 3.05) is 18.5 Å².